The minimum absolute atomic E-state index is 0.139. The van der Waals surface area contributed by atoms with Crippen molar-refractivity contribution in [3.63, 3.8) is 0 Å². The first-order valence-electron chi connectivity index (χ1n) is 8.40. The number of thiazole rings is 1. The summed E-state index contributed by atoms with van der Waals surface area (Å²) in [6, 6.07) is 17.1. The van der Waals surface area contributed by atoms with Crippen LogP contribution in [0.1, 0.15) is 22.9 Å². The van der Waals surface area contributed by atoms with Crippen molar-refractivity contribution >= 4 is 28.7 Å². The van der Waals surface area contributed by atoms with Crippen molar-refractivity contribution in [1.29, 1.82) is 5.26 Å². The predicted octanol–water partition coefficient (Wildman–Crippen LogP) is 5.42. The van der Waals surface area contributed by atoms with E-state index in [1.54, 1.807) is 12.1 Å². The summed E-state index contributed by atoms with van der Waals surface area (Å²) < 4.78 is 5.61. The number of benzene rings is 2. The molecular weight excluding hydrogens is 380 g/mol. The zero-order valence-electron chi connectivity index (χ0n) is 14.7. The normalized spacial score (nSPS) is 11.6. The van der Waals surface area contributed by atoms with Gasteiger partial charge in [-0.05, 0) is 30.7 Å². The van der Waals surface area contributed by atoms with E-state index in [1.165, 1.54) is 11.3 Å². The second-order valence-electron chi connectivity index (χ2n) is 5.97. The van der Waals surface area contributed by atoms with Gasteiger partial charge in [0.25, 0.3) is 0 Å². The van der Waals surface area contributed by atoms with Crippen molar-refractivity contribution in [2.45, 2.75) is 19.3 Å². The van der Waals surface area contributed by atoms with Gasteiger partial charge in [-0.15, -0.1) is 11.3 Å². The van der Waals surface area contributed by atoms with Crippen molar-refractivity contribution in [3.8, 4) is 23.1 Å². The zero-order chi connectivity index (χ0) is 19.2. The predicted molar refractivity (Wildman–Crippen MR) is 107 cm³/mol. The highest BCUT2D eigenvalue weighted by molar-refractivity contribution is 7.10. The summed E-state index contributed by atoms with van der Waals surface area (Å²) in [5.74, 6) is -0.418. The van der Waals surface area contributed by atoms with E-state index < -0.39 is 5.92 Å². The zero-order valence-corrected chi connectivity index (χ0v) is 16.3. The van der Waals surface area contributed by atoms with Gasteiger partial charge in [-0.1, -0.05) is 41.9 Å². The molecule has 0 aliphatic heterocycles. The van der Waals surface area contributed by atoms with Crippen LogP contribution in [0, 0.1) is 18.3 Å². The fourth-order valence-corrected chi connectivity index (χ4v) is 3.56. The molecule has 27 heavy (non-hydrogen) atoms. The number of hydrogen-bond acceptors (Lipinski definition) is 5. The number of ether oxygens (including phenoxy) is 1. The molecule has 3 aromatic rings. The Bertz CT molecular complexity index is 979. The van der Waals surface area contributed by atoms with Gasteiger partial charge in [0.1, 0.15) is 10.8 Å². The fourth-order valence-electron chi connectivity index (χ4n) is 2.55. The SMILES string of the molecule is Cc1cc(OCCC(=O)C(C#N)c2nc(-c3ccccc3)cs2)ccc1Cl. The molecule has 136 valence electrons. The molecule has 0 amide bonds. The standard InChI is InChI=1S/C21H17ClN2O2S/c1-14-11-16(7-8-18(14)22)26-10-9-20(25)17(12-23)21-24-19(13-27-21)15-5-3-2-4-6-15/h2-8,11,13,17H,9-10H2,1H3. The van der Waals surface area contributed by atoms with Gasteiger partial charge in [-0.2, -0.15) is 5.26 Å². The first kappa shape index (κ1) is 19.1. The number of carbonyl (C=O) groups excluding carboxylic acids is 1. The van der Waals surface area contributed by atoms with Crippen molar-refractivity contribution in [2.24, 2.45) is 0 Å². The highest BCUT2D eigenvalue weighted by atomic mass is 35.5. The van der Waals surface area contributed by atoms with Crippen molar-refractivity contribution in [1.82, 2.24) is 4.98 Å². The molecule has 0 fully saturated rings. The monoisotopic (exact) mass is 396 g/mol. The largest absolute Gasteiger partial charge is 0.493 e. The molecule has 1 unspecified atom stereocenters. The summed E-state index contributed by atoms with van der Waals surface area (Å²) in [7, 11) is 0. The van der Waals surface area contributed by atoms with Crippen LogP contribution in [-0.4, -0.2) is 17.4 Å². The maximum absolute atomic E-state index is 12.5. The third-order valence-electron chi connectivity index (χ3n) is 4.04. The Hall–Kier alpha value is -2.68. The number of Topliss-reactive ketones (excluding diaryl/α,β-unsaturated/α-hetero) is 1. The van der Waals surface area contributed by atoms with Gasteiger partial charge in [0.05, 0.1) is 18.4 Å². The number of hydrogen-bond donors (Lipinski definition) is 0. The van der Waals surface area contributed by atoms with E-state index >= 15 is 0 Å². The van der Waals surface area contributed by atoms with E-state index in [2.05, 4.69) is 11.1 Å². The van der Waals surface area contributed by atoms with Crippen molar-refractivity contribution in [2.75, 3.05) is 6.61 Å². The number of carbonyl (C=O) groups is 1. The third kappa shape index (κ3) is 4.73. The summed E-state index contributed by atoms with van der Waals surface area (Å²) in [4.78, 5) is 17.0. The molecule has 2 aromatic carbocycles. The fraction of sp³-hybridized carbons (Fsp3) is 0.190. The number of aryl methyl sites for hydroxylation is 1. The van der Waals surface area contributed by atoms with Crippen LogP contribution in [0.15, 0.2) is 53.9 Å². The van der Waals surface area contributed by atoms with E-state index in [4.69, 9.17) is 16.3 Å². The number of ketones is 1. The van der Waals surface area contributed by atoms with Gasteiger partial charge in [0.15, 0.2) is 11.7 Å². The molecule has 0 saturated carbocycles. The van der Waals surface area contributed by atoms with Crippen molar-refractivity contribution in [3.05, 3.63) is 69.5 Å². The van der Waals surface area contributed by atoms with Gasteiger partial charge in [0, 0.05) is 22.4 Å². The van der Waals surface area contributed by atoms with Crippen LogP contribution in [0.3, 0.4) is 0 Å². The number of nitrogens with zero attached hydrogens (tertiary/aromatic N) is 2. The van der Waals surface area contributed by atoms with Crippen LogP contribution in [0.2, 0.25) is 5.02 Å². The van der Waals surface area contributed by atoms with E-state index in [0.29, 0.717) is 15.8 Å². The maximum atomic E-state index is 12.5. The first-order chi connectivity index (χ1) is 13.1. The molecular formula is C21H17ClN2O2S. The van der Waals surface area contributed by atoms with Crippen LogP contribution in [0.5, 0.6) is 5.75 Å². The van der Waals surface area contributed by atoms with Gasteiger partial charge >= 0.3 is 0 Å². The molecule has 4 nitrogen and oxygen atoms in total. The van der Waals surface area contributed by atoms with Gasteiger partial charge in [-0.3, -0.25) is 4.79 Å². The second kappa shape index (κ2) is 8.81. The topological polar surface area (TPSA) is 63.0 Å². The number of halogens is 1. The van der Waals surface area contributed by atoms with Gasteiger partial charge in [-0.25, -0.2) is 4.98 Å². The Labute approximate surface area is 167 Å². The Balaban J connectivity index is 1.62. The van der Waals surface area contributed by atoms with Crippen LogP contribution in [0.4, 0.5) is 0 Å². The molecule has 0 radical (unpaired) electrons. The van der Waals surface area contributed by atoms with Crippen LogP contribution < -0.4 is 4.74 Å². The lowest BCUT2D eigenvalue weighted by Gasteiger charge is -2.09. The Morgan fingerprint density at radius 3 is 2.78 bits per heavy atom. The average molecular weight is 397 g/mol. The lowest BCUT2D eigenvalue weighted by atomic mass is 10.0. The molecule has 1 atom stereocenters. The van der Waals surface area contributed by atoms with Crippen LogP contribution >= 0.6 is 22.9 Å². The minimum Gasteiger partial charge on any atom is -0.493 e. The average Bonchev–Trinajstić information content (AvgIpc) is 3.16. The molecule has 0 spiro atoms. The smallest absolute Gasteiger partial charge is 0.160 e. The summed E-state index contributed by atoms with van der Waals surface area (Å²) in [6.07, 6.45) is 0.139. The third-order valence-corrected chi connectivity index (χ3v) is 5.37. The van der Waals surface area contributed by atoms with Crippen LogP contribution in [0.25, 0.3) is 11.3 Å². The second-order valence-corrected chi connectivity index (χ2v) is 7.27. The lowest BCUT2D eigenvalue weighted by Crippen LogP contribution is -2.14. The summed E-state index contributed by atoms with van der Waals surface area (Å²) in [6.45, 7) is 2.09. The Morgan fingerprint density at radius 2 is 2.07 bits per heavy atom. The summed E-state index contributed by atoms with van der Waals surface area (Å²) in [5.41, 5.74) is 2.65. The summed E-state index contributed by atoms with van der Waals surface area (Å²) >= 11 is 7.32. The Morgan fingerprint density at radius 1 is 1.30 bits per heavy atom. The highest BCUT2D eigenvalue weighted by Crippen LogP contribution is 2.27. The quantitative estimate of drug-likeness (QED) is 0.535. The molecule has 1 aromatic heterocycles. The number of aromatic nitrogens is 1. The maximum Gasteiger partial charge on any atom is 0.160 e. The van der Waals surface area contributed by atoms with E-state index in [1.807, 2.05) is 48.7 Å². The molecule has 0 N–H and O–H groups in total. The molecule has 3 rings (SSSR count). The highest BCUT2D eigenvalue weighted by Gasteiger charge is 2.23. The molecule has 0 aliphatic carbocycles. The number of rotatable bonds is 7. The van der Waals surface area contributed by atoms with Gasteiger partial charge in [0.2, 0.25) is 0 Å². The summed E-state index contributed by atoms with van der Waals surface area (Å²) in [5, 5.41) is 12.5. The molecule has 0 aliphatic rings. The van der Waals surface area contributed by atoms with E-state index in [-0.39, 0.29) is 18.8 Å². The molecule has 1 heterocycles. The first-order valence-corrected chi connectivity index (χ1v) is 9.66. The van der Waals surface area contributed by atoms with Crippen molar-refractivity contribution < 1.29 is 9.53 Å². The molecule has 0 bridgehead atoms. The van der Waals surface area contributed by atoms with Crippen LogP contribution in [-0.2, 0) is 4.79 Å². The van der Waals surface area contributed by atoms with E-state index in [0.717, 1.165) is 16.8 Å². The Kier molecular flexibility index (Phi) is 6.23. The van der Waals surface area contributed by atoms with E-state index in [9.17, 15) is 10.1 Å². The minimum atomic E-state index is -0.872. The molecule has 6 heteroatoms. The number of nitriles is 1. The van der Waals surface area contributed by atoms with Gasteiger partial charge < -0.3 is 4.74 Å². The molecule has 0 saturated heterocycles. The lowest BCUT2D eigenvalue weighted by molar-refractivity contribution is -0.119.